The van der Waals surface area contributed by atoms with Gasteiger partial charge in [0.25, 0.3) is 0 Å². The molecule has 1 aromatic heterocycles. The zero-order valence-corrected chi connectivity index (χ0v) is 13.9. The van der Waals surface area contributed by atoms with E-state index in [-0.39, 0.29) is 0 Å². The third kappa shape index (κ3) is 8.41. The average Bonchev–Trinajstić information content (AvgIpc) is 2.46. The molecule has 108 valence electrons. The quantitative estimate of drug-likeness (QED) is 0.275. The zero-order chi connectivity index (χ0) is 13.8. The summed E-state index contributed by atoms with van der Waals surface area (Å²) in [5.41, 5.74) is 0. The maximum Gasteiger partial charge on any atom is 0.211 e. The van der Waals surface area contributed by atoms with Crippen LogP contribution >= 0.6 is 15.9 Å². The van der Waals surface area contributed by atoms with Crippen molar-refractivity contribution in [3.63, 3.8) is 0 Å². The molecular formula is C17H29BrN+. The van der Waals surface area contributed by atoms with Crippen molar-refractivity contribution in [1.29, 1.82) is 0 Å². The molecule has 0 aliphatic carbocycles. The van der Waals surface area contributed by atoms with E-state index in [1.165, 1.54) is 64.2 Å². The number of unbranched alkanes of at least 4 members (excludes halogenated alkanes) is 8. The molecule has 1 heterocycles. The highest BCUT2D eigenvalue weighted by Gasteiger charge is 2.11. The van der Waals surface area contributed by atoms with Crippen LogP contribution < -0.4 is 4.57 Å². The maximum atomic E-state index is 3.76. The van der Waals surface area contributed by atoms with E-state index in [2.05, 4.69) is 58.0 Å². The third-order valence-corrected chi connectivity index (χ3v) is 4.54. The van der Waals surface area contributed by atoms with Crippen LogP contribution in [-0.2, 0) is 0 Å². The summed E-state index contributed by atoms with van der Waals surface area (Å²) in [6.07, 6.45) is 18.1. The number of hydrogen-bond donors (Lipinski definition) is 0. The number of alkyl halides is 1. The van der Waals surface area contributed by atoms with Crippen LogP contribution in [0.2, 0.25) is 0 Å². The molecule has 0 radical (unpaired) electrons. The van der Waals surface area contributed by atoms with Gasteiger partial charge in [-0.15, -0.1) is 0 Å². The average molecular weight is 327 g/mol. The Morgan fingerprint density at radius 1 is 0.789 bits per heavy atom. The summed E-state index contributed by atoms with van der Waals surface area (Å²) < 4.78 is 2.24. The Hall–Kier alpha value is -0.370. The molecule has 2 heteroatoms. The molecule has 0 saturated heterocycles. The van der Waals surface area contributed by atoms with Gasteiger partial charge in [0, 0.05) is 18.6 Å². The largest absolute Gasteiger partial charge is 0.211 e. The van der Waals surface area contributed by atoms with Crippen molar-refractivity contribution in [3.05, 3.63) is 30.6 Å². The minimum atomic E-state index is 0.457. The van der Waals surface area contributed by atoms with E-state index >= 15 is 0 Å². The van der Waals surface area contributed by atoms with Crippen molar-refractivity contribution in [3.8, 4) is 0 Å². The summed E-state index contributed by atoms with van der Waals surface area (Å²) in [6.45, 7) is 2.28. The van der Waals surface area contributed by atoms with Crippen molar-refractivity contribution in [2.24, 2.45) is 0 Å². The fourth-order valence-electron chi connectivity index (χ4n) is 2.37. The molecule has 0 amide bonds. The van der Waals surface area contributed by atoms with Gasteiger partial charge in [-0.3, -0.25) is 0 Å². The van der Waals surface area contributed by atoms with Crippen LogP contribution in [-0.4, -0.2) is 0 Å². The minimum Gasteiger partial charge on any atom is -0.192 e. The lowest BCUT2D eigenvalue weighted by atomic mass is 10.1. The van der Waals surface area contributed by atoms with E-state index in [4.69, 9.17) is 0 Å². The van der Waals surface area contributed by atoms with Gasteiger partial charge in [0.05, 0.1) is 0 Å². The lowest BCUT2D eigenvalue weighted by Crippen LogP contribution is -2.34. The lowest BCUT2D eigenvalue weighted by molar-refractivity contribution is -0.698. The van der Waals surface area contributed by atoms with E-state index < -0.39 is 0 Å². The van der Waals surface area contributed by atoms with Crippen LogP contribution in [0.25, 0.3) is 0 Å². The molecule has 0 aliphatic rings. The van der Waals surface area contributed by atoms with Gasteiger partial charge in [0.15, 0.2) is 12.4 Å². The maximum absolute atomic E-state index is 3.76. The van der Waals surface area contributed by atoms with Crippen LogP contribution in [0.15, 0.2) is 30.6 Å². The molecule has 1 nitrogen and oxygen atoms in total. The first kappa shape index (κ1) is 16.7. The van der Waals surface area contributed by atoms with E-state index in [0.29, 0.717) is 4.95 Å². The van der Waals surface area contributed by atoms with Crippen molar-refractivity contribution >= 4 is 15.9 Å². The second kappa shape index (κ2) is 11.5. The Bertz CT molecular complexity index is 299. The molecule has 19 heavy (non-hydrogen) atoms. The number of nitrogens with zero attached hydrogens (tertiary/aromatic N) is 1. The summed E-state index contributed by atoms with van der Waals surface area (Å²) in [4.78, 5) is 0.457. The van der Waals surface area contributed by atoms with E-state index in [1.54, 1.807) is 0 Å². The SMILES string of the molecule is CCCCCCCCCCCC(Br)[n+]1ccccc1. The van der Waals surface area contributed by atoms with Crippen molar-refractivity contribution < 1.29 is 4.57 Å². The first-order valence-corrected chi connectivity index (χ1v) is 8.86. The fourth-order valence-corrected chi connectivity index (χ4v) is 2.97. The normalized spacial score (nSPS) is 12.5. The summed E-state index contributed by atoms with van der Waals surface area (Å²) in [6, 6.07) is 6.24. The standard InChI is InChI=1S/C17H29BrN/c1-2-3-4-5-6-7-8-9-11-14-17(18)19-15-12-10-13-16-19/h10,12-13,15-17H,2-9,11,14H2,1H3/q+1. The lowest BCUT2D eigenvalue weighted by Gasteiger charge is -2.05. The predicted molar refractivity (Wildman–Crippen MR) is 86.4 cm³/mol. The topological polar surface area (TPSA) is 3.88 Å². The van der Waals surface area contributed by atoms with E-state index in [1.807, 2.05) is 0 Å². The van der Waals surface area contributed by atoms with Gasteiger partial charge < -0.3 is 0 Å². The van der Waals surface area contributed by atoms with Gasteiger partial charge in [-0.2, -0.15) is 4.57 Å². The van der Waals surface area contributed by atoms with Gasteiger partial charge in [-0.25, -0.2) is 0 Å². The second-order valence-corrected chi connectivity index (χ2v) is 6.43. The van der Waals surface area contributed by atoms with Crippen molar-refractivity contribution in [2.45, 2.75) is 76.1 Å². The Morgan fingerprint density at radius 2 is 1.32 bits per heavy atom. The fraction of sp³-hybridized carbons (Fsp3) is 0.706. The molecule has 0 N–H and O–H groups in total. The van der Waals surface area contributed by atoms with Gasteiger partial charge in [0.1, 0.15) is 0 Å². The van der Waals surface area contributed by atoms with Crippen LogP contribution in [0.1, 0.15) is 76.1 Å². The Labute approximate surface area is 127 Å². The zero-order valence-electron chi connectivity index (χ0n) is 12.4. The van der Waals surface area contributed by atoms with E-state index in [0.717, 1.165) is 0 Å². The summed E-state index contributed by atoms with van der Waals surface area (Å²) in [5.74, 6) is 0. The van der Waals surface area contributed by atoms with Gasteiger partial charge in [-0.1, -0.05) is 64.4 Å². The molecule has 1 atom stereocenters. The van der Waals surface area contributed by atoms with Crippen LogP contribution in [0.3, 0.4) is 0 Å². The van der Waals surface area contributed by atoms with Crippen molar-refractivity contribution in [1.82, 2.24) is 0 Å². The highest BCUT2D eigenvalue weighted by atomic mass is 79.9. The third-order valence-electron chi connectivity index (χ3n) is 3.61. The first-order chi connectivity index (χ1) is 9.34. The molecule has 0 spiro atoms. The van der Waals surface area contributed by atoms with Crippen LogP contribution in [0.4, 0.5) is 0 Å². The molecule has 1 aromatic rings. The minimum absolute atomic E-state index is 0.457. The molecule has 0 bridgehead atoms. The summed E-state index contributed by atoms with van der Waals surface area (Å²) in [5, 5.41) is 0. The summed E-state index contributed by atoms with van der Waals surface area (Å²) in [7, 11) is 0. The monoisotopic (exact) mass is 326 g/mol. The molecule has 0 fully saturated rings. The molecular weight excluding hydrogens is 298 g/mol. The number of rotatable bonds is 11. The molecule has 1 unspecified atom stereocenters. The Balaban J connectivity index is 1.93. The van der Waals surface area contributed by atoms with Crippen LogP contribution in [0.5, 0.6) is 0 Å². The predicted octanol–water partition coefficient (Wildman–Crippen LogP) is 5.79. The smallest absolute Gasteiger partial charge is 0.192 e. The summed E-state index contributed by atoms with van der Waals surface area (Å²) >= 11 is 3.76. The molecule has 0 aromatic carbocycles. The number of halogens is 1. The number of aromatic nitrogens is 1. The van der Waals surface area contributed by atoms with Crippen LogP contribution in [0, 0.1) is 0 Å². The van der Waals surface area contributed by atoms with Gasteiger partial charge in [0.2, 0.25) is 4.95 Å². The van der Waals surface area contributed by atoms with Gasteiger partial charge >= 0.3 is 0 Å². The van der Waals surface area contributed by atoms with E-state index in [9.17, 15) is 0 Å². The molecule has 0 aliphatic heterocycles. The first-order valence-electron chi connectivity index (χ1n) is 7.94. The highest BCUT2D eigenvalue weighted by Crippen LogP contribution is 2.17. The van der Waals surface area contributed by atoms with Crippen molar-refractivity contribution in [2.75, 3.05) is 0 Å². The Kier molecular flexibility index (Phi) is 10.1. The Morgan fingerprint density at radius 3 is 1.89 bits per heavy atom. The second-order valence-electron chi connectivity index (χ2n) is 5.37. The number of pyridine rings is 1. The van der Waals surface area contributed by atoms with Gasteiger partial charge in [-0.05, 0) is 22.4 Å². The molecule has 1 rings (SSSR count). The highest BCUT2D eigenvalue weighted by molar-refractivity contribution is 9.09. The molecule has 0 saturated carbocycles. The number of hydrogen-bond acceptors (Lipinski definition) is 0.